The molecule has 1 amide bonds. The molecule has 2 N–H and O–H groups in total. The molecule has 5 nitrogen and oxygen atoms in total. The van der Waals surface area contributed by atoms with Gasteiger partial charge in [0.15, 0.2) is 0 Å². The minimum Gasteiger partial charge on any atom is -0.480 e. The first-order valence-electron chi connectivity index (χ1n) is 6.07. The second kappa shape index (κ2) is 6.33. The zero-order valence-electron chi connectivity index (χ0n) is 11.2. The van der Waals surface area contributed by atoms with Crippen LogP contribution in [-0.4, -0.2) is 40.1 Å². The molecule has 19 heavy (non-hydrogen) atoms. The quantitative estimate of drug-likeness (QED) is 0.755. The maximum absolute atomic E-state index is 12.2. The predicted octanol–water partition coefficient (Wildman–Crippen LogP) is 1.12. The van der Waals surface area contributed by atoms with Gasteiger partial charge in [0, 0.05) is 13.1 Å². The van der Waals surface area contributed by atoms with E-state index >= 15 is 0 Å². The number of rotatable bonds is 6. The summed E-state index contributed by atoms with van der Waals surface area (Å²) in [6.45, 7) is 2.94. The maximum Gasteiger partial charge on any atom is 0.318 e. The number of carboxylic acids is 1. The standard InChI is InChI=1S/C14H19NO4/c1-14(2,13(18)19)12(17)15(8-9-16)10-11-6-4-3-5-7-11/h3-7,16H,8-10H2,1-2H3,(H,18,19). The third-order valence-electron chi connectivity index (χ3n) is 2.94. The fourth-order valence-corrected chi connectivity index (χ4v) is 1.66. The molecule has 1 aromatic carbocycles. The maximum atomic E-state index is 12.2. The number of carbonyl (C=O) groups is 2. The minimum absolute atomic E-state index is 0.116. The van der Waals surface area contributed by atoms with E-state index < -0.39 is 17.3 Å². The van der Waals surface area contributed by atoms with Crippen LogP contribution in [0.2, 0.25) is 0 Å². The van der Waals surface area contributed by atoms with Gasteiger partial charge in [-0.05, 0) is 19.4 Å². The lowest BCUT2D eigenvalue weighted by Gasteiger charge is -2.29. The number of amides is 1. The Hall–Kier alpha value is -1.88. The third-order valence-corrected chi connectivity index (χ3v) is 2.94. The molecule has 0 unspecified atom stereocenters. The van der Waals surface area contributed by atoms with Crippen molar-refractivity contribution in [2.24, 2.45) is 5.41 Å². The van der Waals surface area contributed by atoms with Gasteiger partial charge in [-0.25, -0.2) is 0 Å². The number of aliphatic hydroxyl groups is 1. The molecule has 0 heterocycles. The van der Waals surface area contributed by atoms with Crippen molar-refractivity contribution >= 4 is 11.9 Å². The van der Waals surface area contributed by atoms with Crippen LogP contribution in [0.5, 0.6) is 0 Å². The van der Waals surface area contributed by atoms with Gasteiger partial charge in [-0.1, -0.05) is 30.3 Å². The van der Waals surface area contributed by atoms with E-state index in [4.69, 9.17) is 10.2 Å². The first-order valence-corrected chi connectivity index (χ1v) is 6.07. The van der Waals surface area contributed by atoms with Gasteiger partial charge in [-0.2, -0.15) is 0 Å². The topological polar surface area (TPSA) is 77.8 Å². The highest BCUT2D eigenvalue weighted by Gasteiger charge is 2.39. The molecule has 104 valence electrons. The Labute approximate surface area is 112 Å². The van der Waals surface area contributed by atoms with Crippen LogP contribution < -0.4 is 0 Å². The van der Waals surface area contributed by atoms with Crippen molar-refractivity contribution in [1.82, 2.24) is 4.90 Å². The van der Waals surface area contributed by atoms with Crippen molar-refractivity contribution in [3.8, 4) is 0 Å². The lowest BCUT2D eigenvalue weighted by Crippen LogP contribution is -2.45. The van der Waals surface area contributed by atoms with Crippen LogP contribution in [0.3, 0.4) is 0 Å². The SMILES string of the molecule is CC(C)(C(=O)O)C(=O)N(CCO)Cc1ccccc1. The fourth-order valence-electron chi connectivity index (χ4n) is 1.66. The van der Waals surface area contributed by atoms with E-state index in [1.54, 1.807) is 0 Å². The average Bonchev–Trinajstić information content (AvgIpc) is 2.38. The molecule has 1 rings (SSSR count). The Morgan fingerprint density at radius 2 is 1.79 bits per heavy atom. The molecular weight excluding hydrogens is 246 g/mol. The molecular formula is C14H19NO4. The molecule has 0 fully saturated rings. The number of hydrogen-bond acceptors (Lipinski definition) is 3. The van der Waals surface area contributed by atoms with Crippen LogP contribution in [0, 0.1) is 5.41 Å². The molecule has 0 saturated heterocycles. The largest absolute Gasteiger partial charge is 0.480 e. The summed E-state index contributed by atoms with van der Waals surface area (Å²) in [4.78, 5) is 24.7. The normalized spacial score (nSPS) is 11.1. The van der Waals surface area contributed by atoms with E-state index in [1.165, 1.54) is 18.7 Å². The summed E-state index contributed by atoms with van der Waals surface area (Å²) in [6, 6.07) is 9.26. The molecule has 0 aliphatic rings. The second-order valence-corrected chi connectivity index (χ2v) is 4.87. The second-order valence-electron chi connectivity index (χ2n) is 4.87. The van der Waals surface area contributed by atoms with Gasteiger partial charge < -0.3 is 15.1 Å². The number of aliphatic carboxylic acids is 1. The van der Waals surface area contributed by atoms with Crippen molar-refractivity contribution < 1.29 is 19.8 Å². The molecule has 0 atom stereocenters. The fraction of sp³-hybridized carbons (Fsp3) is 0.429. The predicted molar refractivity (Wildman–Crippen MR) is 70.4 cm³/mol. The third kappa shape index (κ3) is 3.79. The van der Waals surface area contributed by atoms with Crippen LogP contribution >= 0.6 is 0 Å². The zero-order chi connectivity index (χ0) is 14.5. The van der Waals surface area contributed by atoms with Gasteiger partial charge in [-0.3, -0.25) is 9.59 Å². The summed E-state index contributed by atoms with van der Waals surface area (Å²) in [6.07, 6.45) is 0. The first kappa shape index (κ1) is 15.2. The Kier molecular flexibility index (Phi) is 5.06. The number of benzene rings is 1. The van der Waals surface area contributed by atoms with E-state index in [0.717, 1.165) is 5.56 Å². The van der Waals surface area contributed by atoms with Crippen molar-refractivity contribution in [1.29, 1.82) is 0 Å². The number of aliphatic hydroxyl groups excluding tert-OH is 1. The summed E-state index contributed by atoms with van der Waals surface area (Å²) in [5.41, 5.74) is -0.602. The van der Waals surface area contributed by atoms with E-state index in [9.17, 15) is 9.59 Å². The Bertz CT molecular complexity index is 442. The summed E-state index contributed by atoms with van der Waals surface area (Å²) >= 11 is 0. The number of nitrogens with zero attached hydrogens (tertiary/aromatic N) is 1. The molecule has 0 spiro atoms. The van der Waals surface area contributed by atoms with Gasteiger partial charge in [0.1, 0.15) is 5.41 Å². The van der Waals surface area contributed by atoms with Crippen molar-refractivity contribution in [3.63, 3.8) is 0 Å². The molecule has 0 saturated carbocycles. The Morgan fingerprint density at radius 3 is 2.26 bits per heavy atom. The lowest BCUT2D eigenvalue weighted by atomic mass is 9.91. The van der Waals surface area contributed by atoms with Crippen LogP contribution in [-0.2, 0) is 16.1 Å². The number of hydrogen-bond donors (Lipinski definition) is 2. The van der Waals surface area contributed by atoms with Gasteiger partial charge in [0.2, 0.25) is 5.91 Å². The van der Waals surface area contributed by atoms with Gasteiger partial charge in [0.05, 0.1) is 6.61 Å². The van der Waals surface area contributed by atoms with Crippen LogP contribution in [0.1, 0.15) is 19.4 Å². The molecule has 0 bridgehead atoms. The highest BCUT2D eigenvalue weighted by molar-refractivity contribution is 6.00. The highest BCUT2D eigenvalue weighted by atomic mass is 16.4. The summed E-state index contributed by atoms with van der Waals surface area (Å²) < 4.78 is 0. The summed E-state index contributed by atoms with van der Waals surface area (Å²) in [5, 5.41) is 18.1. The van der Waals surface area contributed by atoms with Crippen molar-refractivity contribution in [2.75, 3.05) is 13.2 Å². The number of carbonyl (C=O) groups excluding carboxylic acids is 1. The average molecular weight is 265 g/mol. The van der Waals surface area contributed by atoms with E-state index in [2.05, 4.69) is 0 Å². The smallest absolute Gasteiger partial charge is 0.318 e. The van der Waals surface area contributed by atoms with Gasteiger partial charge in [-0.15, -0.1) is 0 Å². The molecule has 0 aliphatic carbocycles. The molecule has 1 aromatic rings. The Morgan fingerprint density at radius 1 is 1.21 bits per heavy atom. The number of carboxylic acid groups (broad SMARTS) is 1. The van der Waals surface area contributed by atoms with Crippen molar-refractivity contribution in [2.45, 2.75) is 20.4 Å². The summed E-state index contributed by atoms with van der Waals surface area (Å²) in [5.74, 6) is -1.67. The van der Waals surface area contributed by atoms with Crippen LogP contribution in [0.15, 0.2) is 30.3 Å². The minimum atomic E-state index is -1.50. The van der Waals surface area contributed by atoms with E-state index in [-0.39, 0.29) is 19.7 Å². The summed E-state index contributed by atoms with van der Waals surface area (Å²) in [7, 11) is 0. The molecule has 0 radical (unpaired) electrons. The highest BCUT2D eigenvalue weighted by Crippen LogP contribution is 2.20. The zero-order valence-corrected chi connectivity index (χ0v) is 11.2. The Balaban J connectivity index is 2.89. The van der Waals surface area contributed by atoms with Gasteiger partial charge >= 0.3 is 5.97 Å². The van der Waals surface area contributed by atoms with E-state index in [1.807, 2.05) is 30.3 Å². The van der Waals surface area contributed by atoms with Crippen LogP contribution in [0.25, 0.3) is 0 Å². The lowest BCUT2D eigenvalue weighted by molar-refractivity contribution is -0.158. The first-order chi connectivity index (χ1) is 8.89. The van der Waals surface area contributed by atoms with Gasteiger partial charge in [0.25, 0.3) is 0 Å². The monoisotopic (exact) mass is 265 g/mol. The van der Waals surface area contributed by atoms with Crippen molar-refractivity contribution in [3.05, 3.63) is 35.9 Å². The van der Waals surface area contributed by atoms with Crippen LogP contribution in [0.4, 0.5) is 0 Å². The molecule has 0 aliphatic heterocycles. The molecule has 5 heteroatoms. The van der Waals surface area contributed by atoms with E-state index in [0.29, 0.717) is 0 Å². The molecule has 0 aromatic heterocycles.